The van der Waals surface area contributed by atoms with Crippen molar-refractivity contribution >= 4 is 16.8 Å². The van der Waals surface area contributed by atoms with Gasteiger partial charge < -0.3 is 20.5 Å². The number of aromatic nitrogens is 2. The van der Waals surface area contributed by atoms with E-state index in [4.69, 9.17) is 4.74 Å². The summed E-state index contributed by atoms with van der Waals surface area (Å²) in [5, 5.41) is 22.8. The molecular formula is C21H30N4O3. The molecule has 2 aromatic rings. The molecule has 2 atom stereocenters. The lowest BCUT2D eigenvalue weighted by molar-refractivity contribution is -0.0742. The quantitative estimate of drug-likeness (QED) is 0.730. The Balaban J connectivity index is 1.34. The maximum absolute atomic E-state index is 12.8. The van der Waals surface area contributed by atoms with Crippen molar-refractivity contribution in [3.05, 3.63) is 30.0 Å². The summed E-state index contributed by atoms with van der Waals surface area (Å²) in [4.78, 5) is 12.8. The smallest absolute Gasteiger partial charge is 0.272 e. The molecule has 2 fully saturated rings. The SMILES string of the molecule is CCn1nc(C(=O)N[C@H]2CC[C@@H](CC3(O)CCOCC3)NC2)c2ccccc21. The second-order valence-corrected chi connectivity index (χ2v) is 8.08. The van der Waals surface area contributed by atoms with Gasteiger partial charge in [-0.15, -0.1) is 0 Å². The number of aliphatic hydroxyl groups is 1. The minimum Gasteiger partial charge on any atom is -0.390 e. The van der Waals surface area contributed by atoms with E-state index in [1.54, 1.807) is 0 Å². The molecule has 2 aliphatic rings. The maximum Gasteiger partial charge on any atom is 0.272 e. The molecule has 0 unspecified atom stereocenters. The van der Waals surface area contributed by atoms with Crippen LogP contribution >= 0.6 is 0 Å². The maximum atomic E-state index is 12.8. The number of hydrogen-bond acceptors (Lipinski definition) is 5. The third-order valence-corrected chi connectivity index (χ3v) is 6.07. The van der Waals surface area contributed by atoms with Gasteiger partial charge in [0.05, 0.1) is 11.1 Å². The van der Waals surface area contributed by atoms with Gasteiger partial charge in [0, 0.05) is 43.8 Å². The fourth-order valence-electron chi connectivity index (χ4n) is 4.42. The zero-order valence-electron chi connectivity index (χ0n) is 16.5. The van der Waals surface area contributed by atoms with Gasteiger partial charge in [-0.05, 0) is 45.1 Å². The summed E-state index contributed by atoms with van der Waals surface area (Å²) in [5.41, 5.74) is 0.871. The average Bonchev–Trinajstić information content (AvgIpc) is 3.09. The number of nitrogens with one attached hydrogen (secondary N) is 2. The Hall–Kier alpha value is -1.96. The van der Waals surface area contributed by atoms with Crippen LogP contribution < -0.4 is 10.6 Å². The first kappa shape index (κ1) is 19.4. The summed E-state index contributed by atoms with van der Waals surface area (Å²) in [7, 11) is 0. The number of carbonyl (C=O) groups excluding carboxylic acids is 1. The molecule has 28 heavy (non-hydrogen) atoms. The van der Waals surface area contributed by atoms with E-state index >= 15 is 0 Å². The topological polar surface area (TPSA) is 88.4 Å². The van der Waals surface area contributed by atoms with Crippen LogP contribution in [0.3, 0.4) is 0 Å². The zero-order chi connectivity index (χ0) is 19.6. The zero-order valence-corrected chi connectivity index (χ0v) is 16.5. The van der Waals surface area contributed by atoms with Gasteiger partial charge >= 0.3 is 0 Å². The first-order valence-corrected chi connectivity index (χ1v) is 10.4. The molecule has 1 aromatic heterocycles. The molecule has 3 N–H and O–H groups in total. The van der Waals surface area contributed by atoms with Crippen LogP contribution in [-0.4, -0.2) is 58.2 Å². The number of nitrogens with zero attached hydrogens (tertiary/aromatic N) is 2. The van der Waals surface area contributed by atoms with Crippen LogP contribution in [0.2, 0.25) is 0 Å². The Labute approximate surface area is 165 Å². The van der Waals surface area contributed by atoms with Crippen LogP contribution in [0.5, 0.6) is 0 Å². The molecule has 0 bridgehead atoms. The summed E-state index contributed by atoms with van der Waals surface area (Å²) < 4.78 is 7.23. The van der Waals surface area contributed by atoms with Crippen molar-refractivity contribution in [2.45, 2.75) is 63.3 Å². The minimum atomic E-state index is -0.613. The van der Waals surface area contributed by atoms with Crippen LogP contribution in [0, 0.1) is 0 Å². The molecule has 152 valence electrons. The average molecular weight is 386 g/mol. The van der Waals surface area contributed by atoms with Crippen LogP contribution in [0.15, 0.2) is 24.3 Å². The number of ether oxygens (including phenoxy) is 1. The van der Waals surface area contributed by atoms with E-state index in [0.29, 0.717) is 31.7 Å². The number of rotatable bonds is 5. The lowest BCUT2D eigenvalue weighted by Gasteiger charge is -2.38. The minimum absolute atomic E-state index is 0.0821. The number of carbonyl (C=O) groups is 1. The molecular weight excluding hydrogens is 356 g/mol. The fourth-order valence-corrected chi connectivity index (χ4v) is 4.42. The largest absolute Gasteiger partial charge is 0.390 e. The molecule has 1 aromatic carbocycles. The Morgan fingerprint density at radius 2 is 2.14 bits per heavy atom. The van der Waals surface area contributed by atoms with Gasteiger partial charge in [-0.25, -0.2) is 0 Å². The Morgan fingerprint density at radius 3 is 2.86 bits per heavy atom. The van der Waals surface area contributed by atoms with Crippen molar-refractivity contribution in [3.8, 4) is 0 Å². The van der Waals surface area contributed by atoms with Gasteiger partial charge in [-0.1, -0.05) is 18.2 Å². The Morgan fingerprint density at radius 1 is 1.36 bits per heavy atom. The lowest BCUT2D eigenvalue weighted by Crippen LogP contribution is -2.52. The summed E-state index contributed by atoms with van der Waals surface area (Å²) in [6, 6.07) is 8.23. The van der Waals surface area contributed by atoms with Gasteiger partial charge in [0.25, 0.3) is 5.91 Å². The Kier molecular flexibility index (Phi) is 5.66. The fraction of sp³-hybridized carbons (Fsp3) is 0.619. The van der Waals surface area contributed by atoms with Crippen LogP contribution in [0.1, 0.15) is 49.5 Å². The first-order valence-electron chi connectivity index (χ1n) is 10.4. The van der Waals surface area contributed by atoms with Crippen molar-refractivity contribution in [1.82, 2.24) is 20.4 Å². The highest BCUT2D eigenvalue weighted by Gasteiger charge is 2.34. The number of hydrogen-bond donors (Lipinski definition) is 3. The number of aryl methyl sites for hydroxylation is 1. The number of benzene rings is 1. The monoisotopic (exact) mass is 386 g/mol. The van der Waals surface area contributed by atoms with E-state index in [2.05, 4.69) is 15.7 Å². The van der Waals surface area contributed by atoms with Crippen LogP contribution in [-0.2, 0) is 11.3 Å². The molecule has 7 nitrogen and oxygen atoms in total. The van der Waals surface area contributed by atoms with Crippen LogP contribution in [0.4, 0.5) is 0 Å². The number of piperidine rings is 1. The molecule has 7 heteroatoms. The van der Waals surface area contributed by atoms with E-state index < -0.39 is 5.60 Å². The normalized spacial score (nSPS) is 24.9. The second-order valence-electron chi connectivity index (χ2n) is 8.08. The molecule has 1 amide bonds. The molecule has 2 saturated heterocycles. The number of amides is 1. The van der Waals surface area contributed by atoms with E-state index in [1.807, 2.05) is 35.9 Å². The molecule has 4 rings (SSSR count). The van der Waals surface area contributed by atoms with Gasteiger partial charge in [0.1, 0.15) is 0 Å². The molecule has 2 aliphatic heterocycles. The van der Waals surface area contributed by atoms with Gasteiger partial charge in [-0.3, -0.25) is 9.48 Å². The summed E-state index contributed by atoms with van der Waals surface area (Å²) in [6.07, 6.45) is 4.01. The third kappa shape index (κ3) is 4.06. The van der Waals surface area contributed by atoms with Gasteiger partial charge in [0.2, 0.25) is 0 Å². The van der Waals surface area contributed by atoms with E-state index in [-0.39, 0.29) is 18.0 Å². The number of para-hydroxylation sites is 1. The van der Waals surface area contributed by atoms with Crippen molar-refractivity contribution < 1.29 is 14.6 Å². The molecule has 0 radical (unpaired) electrons. The molecule has 0 saturated carbocycles. The molecule has 0 spiro atoms. The third-order valence-electron chi connectivity index (χ3n) is 6.07. The first-order chi connectivity index (χ1) is 13.6. The van der Waals surface area contributed by atoms with E-state index in [0.717, 1.165) is 43.3 Å². The Bertz CT molecular complexity index is 820. The van der Waals surface area contributed by atoms with Crippen molar-refractivity contribution in [1.29, 1.82) is 0 Å². The highest BCUT2D eigenvalue weighted by Crippen LogP contribution is 2.28. The highest BCUT2D eigenvalue weighted by atomic mass is 16.5. The van der Waals surface area contributed by atoms with E-state index in [1.165, 1.54) is 0 Å². The van der Waals surface area contributed by atoms with Crippen molar-refractivity contribution in [3.63, 3.8) is 0 Å². The summed E-state index contributed by atoms with van der Waals surface area (Å²) in [6.45, 7) is 4.75. The lowest BCUT2D eigenvalue weighted by atomic mass is 9.84. The summed E-state index contributed by atoms with van der Waals surface area (Å²) >= 11 is 0. The standard InChI is InChI=1S/C21H30N4O3/c1-2-25-18-6-4-3-5-17(18)19(24-25)20(26)23-16-8-7-15(22-14-16)13-21(27)9-11-28-12-10-21/h3-6,15-16,22,27H,2,7-14H2,1H3,(H,23,26)/t15-,16-/m0/s1. The predicted octanol–water partition coefficient (Wildman–Crippen LogP) is 1.84. The van der Waals surface area contributed by atoms with Gasteiger partial charge in [-0.2, -0.15) is 5.10 Å². The van der Waals surface area contributed by atoms with Crippen molar-refractivity contribution in [2.24, 2.45) is 0 Å². The van der Waals surface area contributed by atoms with Crippen molar-refractivity contribution in [2.75, 3.05) is 19.8 Å². The van der Waals surface area contributed by atoms with E-state index in [9.17, 15) is 9.90 Å². The number of fused-ring (bicyclic) bond motifs is 1. The second kappa shape index (κ2) is 8.19. The highest BCUT2D eigenvalue weighted by molar-refractivity contribution is 6.04. The van der Waals surface area contributed by atoms with Crippen LogP contribution in [0.25, 0.3) is 10.9 Å². The predicted molar refractivity (Wildman–Crippen MR) is 107 cm³/mol. The van der Waals surface area contributed by atoms with Gasteiger partial charge in [0.15, 0.2) is 5.69 Å². The molecule has 3 heterocycles. The summed E-state index contributed by atoms with van der Waals surface area (Å²) in [5.74, 6) is -0.114. The molecule has 0 aliphatic carbocycles.